The van der Waals surface area contributed by atoms with Crippen LogP contribution in [-0.4, -0.2) is 28.5 Å². The van der Waals surface area contributed by atoms with E-state index in [0.29, 0.717) is 23.5 Å². The van der Waals surface area contributed by atoms with Crippen LogP contribution < -0.4 is 0 Å². The zero-order chi connectivity index (χ0) is 22.1. The Labute approximate surface area is 185 Å². The summed E-state index contributed by atoms with van der Waals surface area (Å²) >= 11 is 0. The second-order valence-corrected chi connectivity index (χ2v) is 21.6. The zero-order valence-corrected chi connectivity index (χ0v) is 22.4. The van der Waals surface area contributed by atoms with Gasteiger partial charge in [0.15, 0.2) is 8.32 Å². The lowest BCUT2D eigenvalue weighted by Gasteiger charge is -2.58. The second kappa shape index (κ2) is 7.18. The van der Waals surface area contributed by atoms with Gasteiger partial charge in [0.1, 0.15) is 5.78 Å². The van der Waals surface area contributed by atoms with E-state index in [1.807, 2.05) is 0 Å². The number of Topliss-reactive ketones (excluding diaryl/α,β-unsaturated/α-hetero) is 1. The zero-order valence-electron chi connectivity index (χ0n) is 20.4. The van der Waals surface area contributed by atoms with E-state index in [9.17, 15) is 4.79 Å². The number of rotatable bonds is 4. The maximum atomic E-state index is 13.1. The van der Waals surface area contributed by atoms with Gasteiger partial charge in [-0.15, -0.1) is 0 Å². The number of carbonyl (C=O) groups excluding carboxylic acids is 1. The molecule has 0 radical (unpaired) electrons. The predicted octanol–water partition coefficient (Wildman–Crippen LogP) is 6.69. The summed E-state index contributed by atoms with van der Waals surface area (Å²) in [7, 11) is -3.32. The minimum Gasteiger partial charge on any atom is -0.547 e. The van der Waals surface area contributed by atoms with Gasteiger partial charge in [-0.3, -0.25) is 4.79 Å². The smallest absolute Gasteiger partial charge is 0.241 e. The highest BCUT2D eigenvalue weighted by Crippen LogP contribution is 2.64. The highest BCUT2D eigenvalue weighted by molar-refractivity contribution is 6.70. The van der Waals surface area contributed by atoms with Crippen LogP contribution >= 0.6 is 0 Å². The van der Waals surface area contributed by atoms with E-state index < -0.39 is 16.6 Å². The lowest BCUT2D eigenvalue weighted by Crippen LogP contribution is -2.58. The first kappa shape index (κ1) is 22.5. The van der Waals surface area contributed by atoms with Crippen LogP contribution in [-0.2, 0) is 13.6 Å². The van der Waals surface area contributed by atoms with Crippen molar-refractivity contribution in [2.75, 3.05) is 0 Å². The van der Waals surface area contributed by atoms with Crippen molar-refractivity contribution in [1.82, 2.24) is 0 Å². The van der Waals surface area contributed by atoms with E-state index in [1.54, 1.807) is 0 Å². The molecular weight excluding hydrogens is 404 g/mol. The summed E-state index contributed by atoms with van der Waals surface area (Å²) in [5, 5.41) is 0. The molecular formula is C25H42O3Si2. The molecule has 4 aliphatic rings. The number of hydrogen-bond acceptors (Lipinski definition) is 3. The fourth-order valence-electron chi connectivity index (χ4n) is 7.09. The van der Waals surface area contributed by atoms with Gasteiger partial charge in [-0.25, -0.2) is 0 Å². The topological polar surface area (TPSA) is 35.5 Å². The molecule has 0 aromatic rings. The number of allylic oxidation sites excluding steroid dienone is 4. The Balaban J connectivity index is 1.69. The van der Waals surface area contributed by atoms with Crippen LogP contribution in [0, 0.1) is 28.6 Å². The third kappa shape index (κ3) is 3.73. The van der Waals surface area contributed by atoms with Gasteiger partial charge in [-0.2, -0.15) is 0 Å². The molecule has 168 valence electrons. The van der Waals surface area contributed by atoms with Crippen LogP contribution in [0.2, 0.25) is 39.3 Å². The lowest BCUT2D eigenvalue weighted by molar-refractivity contribution is -0.145. The minimum absolute atomic E-state index is 0.0881. The van der Waals surface area contributed by atoms with Gasteiger partial charge in [0.25, 0.3) is 0 Å². The molecule has 0 N–H and O–H groups in total. The van der Waals surface area contributed by atoms with Gasteiger partial charge in [-0.05, 0) is 107 Å². The van der Waals surface area contributed by atoms with Gasteiger partial charge < -0.3 is 8.85 Å². The van der Waals surface area contributed by atoms with Gasteiger partial charge in [-0.1, -0.05) is 13.0 Å². The summed E-state index contributed by atoms with van der Waals surface area (Å²) in [6.45, 7) is 18.4. The molecule has 1 unspecified atom stereocenters. The van der Waals surface area contributed by atoms with Crippen LogP contribution in [0.25, 0.3) is 0 Å². The van der Waals surface area contributed by atoms with Crippen LogP contribution in [0.4, 0.5) is 0 Å². The number of carbonyl (C=O) groups is 1. The van der Waals surface area contributed by atoms with E-state index in [4.69, 9.17) is 8.85 Å². The third-order valence-electron chi connectivity index (χ3n) is 8.45. The molecule has 4 aliphatic carbocycles. The summed E-state index contributed by atoms with van der Waals surface area (Å²) < 4.78 is 13.2. The summed E-state index contributed by atoms with van der Waals surface area (Å²) in [6, 6.07) is 0. The minimum atomic E-state index is -1.74. The highest BCUT2D eigenvalue weighted by atomic mass is 28.4. The normalized spacial score (nSPS) is 41.4. The van der Waals surface area contributed by atoms with Gasteiger partial charge in [0.05, 0.1) is 17.3 Å². The molecule has 5 heteroatoms. The molecule has 2 fully saturated rings. The van der Waals surface area contributed by atoms with Crippen LogP contribution in [0.1, 0.15) is 52.4 Å². The van der Waals surface area contributed by atoms with Gasteiger partial charge in [0.2, 0.25) is 8.32 Å². The molecule has 4 rings (SSSR count). The standard InChI is InChI=1S/C25H42O3Si2/c1-24-14-13-18(27-29(3,4)5)15-17(24)9-10-19-20-11-12-22(26)25(20,2)23(16-21(19)24)28-30(6,7)8/h9,15,19-21,23H,10-14,16H2,1-8H3/t19-,20-,21-,23?,24-,25-/m0/s1. The van der Waals surface area contributed by atoms with E-state index in [-0.39, 0.29) is 16.9 Å². The van der Waals surface area contributed by atoms with Crippen molar-refractivity contribution in [2.45, 2.75) is 97.8 Å². The molecule has 0 bridgehead atoms. The number of hydrogen-bond donors (Lipinski definition) is 0. The summed E-state index contributed by atoms with van der Waals surface area (Å²) in [5.41, 5.74) is 1.39. The van der Waals surface area contributed by atoms with Crippen molar-refractivity contribution < 1.29 is 13.6 Å². The monoisotopic (exact) mass is 446 g/mol. The third-order valence-corrected chi connectivity index (χ3v) is 10.3. The molecule has 6 atom stereocenters. The molecule has 0 spiro atoms. The Kier molecular flexibility index (Phi) is 5.39. The predicted molar refractivity (Wildman–Crippen MR) is 128 cm³/mol. The summed E-state index contributed by atoms with van der Waals surface area (Å²) in [6.07, 6.45) is 11.1. The maximum Gasteiger partial charge on any atom is 0.241 e. The summed E-state index contributed by atoms with van der Waals surface area (Å²) in [5.74, 6) is 3.35. The Bertz CT molecular complexity index is 787. The first-order valence-electron chi connectivity index (χ1n) is 12.1. The Morgan fingerprint density at radius 2 is 1.70 bits per heavy atom. The van der Waals surface area contributed by atoms with Crippen molar-refractivity contribution in [3.8, 4) is 0 Å². The average molecular weight is 447 g/mol. The molecule has 3 nitrogen and oxygen atoms in total. The van der Waals surface area contributed by atoms with Gasteiger partial charge in [0, 0.05) is 12.8 Å². The molecule has 0 heterocycles. The van der Waals surface area contributed by atoms with Crippen LogP contribution in [0.15, 0.2) is 23.5 Å². The van der Waals surface area contributed by atoms with E-state index in [0.717, 1.165) is 38.5 Å². The van der Waals surface area contributed by atoms with Crippen molar-refractivity contribution in [3.05, 3.63) is 23.5 Å². The van der Waals surface area contributed by atoms with Crippen molar-refractivity contribution in [1.29, 1.82) is 0 Å². The average Bonchev–Trinajstić information content (AvgIpc) is 2.90. The Morgan fingerprint density at radius 1 is 1.00 bits per heavy atom. The molecule has 0 amide bonds. The van der Waals surface area contributed by atoms with Crippen molar-refractivity contribution >= 4 is 22.4 Å². The molecule has 0 saturated heterocycles. The largest absolute Gasteiger partial charge is 0.547 e. The fraction of sp³-hybridized carbons (Fsp3) is 0.800. The van der Waals surface area contributed by atoms with Gasteiger partial charge >= 0.3 is 0 Å². The molecule has 2 saturated carbocycles. The van der Waals surface area contributed by atoms with E-state index in [2.05, 4.69) is 65.3 Å². The Hall–Kier alpha value is -0.656. The highest BCUT2D eigenvalue weighted by Gasteiger charge is 2.63. The molecule has 30 heavy (non-hydrogen) atoms. The molecule has 0 aromatic carbocycles. The maximum absolute atomic E-state index is 13.1. The second-order valence-electron chi connectivity index (χ2n) is 12.7. The van der Waals surface area contributed by atoms with E-state index in [1.165, 1.54) is 11.3 Å². The van der Waals surface area contributed by atoms with Crippen molar-refractivity contribution in [3.63, 3.8) is 0 Å². The SMILES string of the molecule is C[C@]12CCC(O[Si](C)(C)C)=CC1=CC[C@@H]1[C@@H]2CC(O[Si](C)(C)C)[C@]2(C)C(=O)CC[C@@H]12. The number of ketones is 1. The molecule has 0 aromatic heterocycles. The van der Waals surface area contributed by atoms with E-state index >= 15 is 0 Å². The first-order chi connectivity index (χ1) is 13.7. The van der Waals surface area contributed by atoms with Crippen molar-refractivity contribution in [2.24, 2.45) is 28.6 Å². The Morgan fingerprint density at radius 3 is 2.33 bits per heavy atom. The quantitative estimate of drug-likeness (QED) is 0.451. The lowest BCUT2D eigenvalue weighted by atomic mass is 9.48. The molecule has 0 aliphatic heterocycles. The fourth-order valence-corrected chi connectivity index (χ4v) is 9.24. The van der Waals surface area contributed by atoms with Crippen LogP contribution in [0.3, 0.4) is 0 Å². The number of fused-ring (bicyclic) bond motifs is 5. The summed E-state index contributed by atoms with van der Waals surface area (Å²) in [4.78, 5) is 13.1. The first-order valence-corrected chi connectivity index (χ1v) is 18.9. The van der Waals surface area contributed by atoms with Crippen LogP contribution in [0.5, 0.6) is 0 Å².